The number of hydrogen-bond donors (Lipinski definition) is 1. The highest BCUT2D eigenvalue weighted by atomic mass is 32.1. The SMILES string of the molecule is CCC(C)(C)[C@@H]1CCc2c(sc(NC(=O)c3cccc4ccccc34)c2C#N)C1. The fourth-order valence-corrected chi connectivity index (χ4v) is 5.61. The summed E-state index contributed by atoms with van der Waals surface area (Å²) in [6, 6.07) is 16.0. The van der Waals surface area contributed by atoms with E-state index in [0.717, 1.165) is 42.0 Å². The molecule has 0 spiro atoms. The molecule has 3 nitrogen and oxygen atoms in total. The molecule has 1 N–H and O–H groups in total. The number of thiophene rings is 1. The number of nitrogens with zero attached hydrogens (tertiary/aromatic N) is 1. The molecule has 29 heavy (non-hydrogen) atoms. The molecular weight excluding hydrogens is 376 g/mol. The molecule has 1 atom stereocenters. The summed E-state index contributed by atoms with van der Waals surface area (Å²) < 4.78 is 0. The number of anilines is 1. The van der Waals surface area contributed by atoms with Gasteiger partial charge >= 0.3 is 0 Å². The van der Waals surface area contributed by atoms with Crippen molar-refractivity contribution in [1.82, 2.24) is 0 Å². The fraction of sp³-hybridized carbons (Fsp3) is 0.360. The lowest BCUT2D eigenvalue weighted by Crippen LogP contribution is -2.28. The van der Waals surface area contributed by atoms with Crippen LogP contribution in [0, 0.1) is 22.7 Å². The summed E-state index contributed by atoms with van der Waals surface area (Å²) in [6.45, 7) is 6.93. The van der Waals surface area contributed by atoms with E-state index in [2.05, 4.69) is 32.2 Å². The van der Waals surface area contributed by atoms with E-state index in [-0.39, 0.29) is 5.91 Å². The second-order valence-electron chi connectivity index (χ2n) is 8.58. The lowest BCUT2D eigenvalue weighted by atomic mass is 9.69. The Morgan fingerprint density at radius 2 is 2.00 bits per heavy atom. The van der Waals surface area contributed by atoms with Crippen molar-refractivity contribution >= 4 is 33.0 Å². The van der Waals surface area contributed by atoms with Gasteiger partial charge in [0.15, 0.2) is 0 Å². The normalized spacial score (nSPS) is 16.3. The average Bonchev–Trinajstić information content (AvgIpc) is 3.09. The lowest BCUT2D eigenvalue weighted by molar-refractivity contribution is 0.102. The van der Waals surface area contributed by atoms with E-state index in [0.29, 0.717) is 27.5 Å². The second kappa shape index (κ2) is 7.65. The van der Waals surface area contributed by atoms with Crippen LogP contribution in [-0.2, 0) is 12.8 Å². The maximum atomic E-state index is 13.1. The Morgan fingerprint density at radius 1 is 1.24 bits per heavy atom. The van der Waals surface area contributed by atoms with Crippen molar-refractivity contribution in [3.8, 4) is 6.07 Å². The molecule has 4 rings (SSSR count). The topological polar surface area (TPSA) is 52.9 Å². The van der Waals surface area contributed by atoms with E-state index in [1.165, 1.54) is 4.88 Å². The van der Waals surface area contributed by atoms with Crippen LogP contribution in [0.4, 0.5) is 5.00 Å². The van der Waals surface area contributed by atoms with Crippen molar-refractivity contribution in [2.24, 2.45) is 11.3 Å². The number of amides is 1. The Kier molecular flexibility index (Phi) is 5.19. The van der Waals surface area contributed by atoms with E-state index >= 15 is 0 Å². The largest absolute Gasteiger partial charge is 0.312 e. The van der Waals surface area contributed by atoms with Crippen LogP contribution in [0.25, 0.3) is 10.8 Å². The predicted molar refractivity (Wildman–Crippen MR) is 121 cm³/mol. The molecule has 1 aromatic heterocycles. The zero-order valence-corrected chi connectivity index (χ0v) is 18.0. The Balaban J connectivity index is 1.65. The highest BCUT2D eigenvalue weighted by molar-refractivity contribution is 7.16. The van der Waals surface area contributed by atoms with Crippen LogP contribution in [0.15, 0.2) is 42.5 Å². The molecule has 0 saturated carbocycles. The molecule has 1 heterocycles. The molecule has 0 bridgehead atoms. The first-order valence-corrected chi connectivity index (χ1v) is 11.1. The monoisotopic (exact) mass is 402 g/mol. The Hall–Kier alpha value is -2.64. The summed E-state index contributed by atoms with van der Waals surface area (Å²) >= 11 is 1.59. The van der Waals surface area contributed by atoms with Gasteiger partial charge in [-0.1, -0.05) is 63.6 Å². The first kappa shape index (κ1) is 19.7. The third-order valence-electron chi connectivity index (χ3n) is 6.65. The highest BCUT2D eigenvalue weighted by Crippen LogP contribution is 2.45. The van der Waals surface area contributed by atoms with Gasteiger partial charge in [-0.05, 0) is 53.0 Å². The molecule has 4 heteroatoms. The van der Waals surface area contributed by atoms with Gasteiger partial charge in [-0.2, -0.15) is 5.26 Å². The second-order valence-corrected chi connectivity index (χ2v) is 9.69. The smallest absolute Gasteiger partial charge is 0.256 e. The van der Waals surface area contributed by atoms with Gasteiger partial charge in [-0.3, -0.25) is 4.79 Å². The number of rotatable bonds is 4. The van der Waals surface area contributed by atoms with Crippen LogP contribution in [0.1, 0.15) is 60.0 Å². The number of benzene rings is 2. The lowest BCUT2D eigenvalue weighted by Gasteiger charge is -2.36. The van der Waals surface area contributed by atoms with Gasteiger partial charge in [0.2, 0.25) is 0 Å². The van der Waals surface area contributed by atoms with Gasteiger partial charge < -0.3 is 5.32 Å². The Bertz CT molecular complexity index is 1110. The molecule has 0 unspecified atom stereocenters. The summed E-state index contributed by atoms with van der Waals surface area (Å²) in [4.78, 5) is 14.3. The molecule has 148 valence electrons. The number of nitrogens with one attached hydrogen (secondary N) is 1. The fourth-order valence-electron chi connectivity index (χ4n) is 4.34. The molecule has 1 amide bonds. The minimum absolute atomic E-state index is 0.151. The van der Waals surface area contributed by atoms with Crippen molar-refractivity contribution in [1.29, 1.82) is 5.26 Å². The van der Waals surface area contributed by atoms with Crippen molar-refractivity contribution in [3.05, 3.63) is 64.0 Å². The zero-order chi connectivity index (χ0) is 20.6. The van der Waals surface area contributed by atoms with Crippen LogP contribution in [0.5, 0.6) is 0 Å². The molecule has 1 aliphatic carbocycles. The number of fused-ring (bicyclic) bond motifs is 2. The van der Waals surface area contributed by atoms with Crippen LogP contribution in [0.2, 0.25) is 0 Å². The third kappa shape index (κ3) is 3.56. The summed E-state index contributed by atoms with van der Waals surface area (Å²) in [5, 5.41) is 15.5. The number of carbonyl (C=O) groups excluding carboxylic acids is 1. The van der Waals surface area contributed by atoms with Crippen LogP contribution in [0.3, 0.4) is 0 Å². The first-order chi connectivity index (χ1) is 13.9. The zero-order valence-electron chi connectivity index (χ0n) is 17.2. The number of hydrogen-bond acceptors (Lipinski definition) is 3. The average molecular weight is 403 g/mol. The summed E-state index contributed by atoms with van der Waals surface area (Å²) in [7, 11) is 0. The van der Waals surface area contributed by atoms with Gasteiger partial charge in [0.1, 0.15) is 11.1 Å². The summed E-state index contributed by atoms with van der Waals surface area (Å²) in [5.41, 5.74) is 2.74. The van der Waals surface area contributed by atoms with E-state index in [1.54, 1.807) is 11.3 Å². The molecular formula is C25H26N2OS. The van der Waals surface area contributed by atoms with Crippen LogP contribution >= 0.6 is 11.3 Å². The molecule has 0 fully saturated rings. The maximum Gasteiger partial charge on any atom is 0.256 e. The van der Waals surface area contributed by atoms with Crippen LogP contribution in [-0.4, -0.2) is 5.91 Å². The number of nitriles is 1. The quantitative estimate of drug-likeness (QED) is 0.537. The molecule has 0 radical (unpaired) electrons. The van der Waals surface area contributed by atoms with E-state index in [1.807, 2.05) is 42.5 Å². The Labute approximate surface area is 176 Å². The minimum atomic E-state index is -0.151. The Morgan fingerprint density at radius 3 is 2.76 bits per heavy atom. The highest BCUT2D eigenvalue weighted by Gasteiger charge is 2.34. The molecule has 2 aromatic carbocycles. The molecule has 0 saturated heterocycles. The van der Waals surface area contributed by atoms with Gasteiger partial charge in [0, 0.05) is 10.4 Å². The summed E-state index contributed by atoms with van der Waals surface area (Å²) in [6.07, 6.45) is 4.18. The molecule has 0 aliphatic heterocycles. The van der Waals surface area contributed by atoms with E-state index in [9.17, 15) is 10.1 Å². The van der Waals surface area contributed by atoms with Crippen molar-refractivity contribution in [2.75, 3.05) is 5.32 Å². The number of carbonyl (C=O) groups is 1. The summed E-state index contributed by atoms with van der Waals surface area (Å²) in [5.74, 6) is 0.467. The molecule has 3 aromatic rings. The van der Waals surface area contributed by atoms with Crippen molar-refractivity contribution < 1.29 is 4.79 Å². The maximum absolute atomic E-state index is 13.1. The van der Waals surface area contributed by atoms with Gasteiger partial charge in [0.05, 0.1) is 5.56 Å². The van der Waals surface area contributed by atoms with Crippen molar-refractivity contribution in [3.63, 3.8) is 0 Å². The third-order valence-corrected chi connectivity index (χ3v) is 7.82. The molecule has 1 aliphatic rings. The van der Waals surface area contributed by atoms with Crippen molar-refractivity contribution in [2.45, 2.75) is 46.5 Å². The van der Waals surface area contributed by atoms with Crippen LogP contribution < -0.4 is 5.32 Å². The van der Waals surface area contributed by atoms with E-state index < -0.39 is 0 Å². The van der Waals surface area contributed by atoms with Gasteiger partial charge in [-0.15, -0.1) is 11.3 Å². The predicted octanol–water partition coefficient (Wildman–Crippen LogP) is 6.57. The minimum Gasteiger partial charge on any atom is -0.312 e. The van der Waals surface area contributed by atoms with Gasteiger partial charge in [-0.25, -0.2) is 0 Å². The first-order valence-electron chi connectivity index (χ1n) is 10.3. The standard InChI is InChI=1S/C25H26N2OS/c1-4-25(2,3)17-12-13-19-21(15-26)24(29-22(19)14-17)27-23(28)20-11-7-9-16-8-5-6-10-18(16)20/h5-11,17H,4,12-14H2,1-3H3,(H,27,28)/t17-/m1/s1. The van der Waals surface area contributed by atoms with Gasteiger partial charge in [0.25, 0.3) is 5.91 Å². The van der Waals surface area contributed by atoms with E-state index in [4.69, 9.17) is 0 Å².